The third-order valence-corrected chi connectivity index (χ3v) is 1.43. The molecule has 0 aliphatic rings. The number of hydrogen-bond donors (Lipinski definition) is 2. The molecule has 0 bridgehead atoms. The van der Waals surface area contributed by atoms with Gasteiger partial charge in [-0.05, 0) is 19.4 Å². The van der Waals surface area contributed by atoms with Gasteiger partial charge >= 0.3 is 0 Å². The van der Waals surface area contributed by atoms with Crippen LogP contribution in [0.5, 0.6) is 0 Å². The summed E-state index contributed by atoms with van der Waals surface area (Å²) in [6.45, 7) is 1.13. The first kappa shape index (κ1) is 11.1. The molecule has 0 aromatic carbocycles. The molecule has 0 unspecified atom stereocenters. The second-order valence-electron chi connectivity index (χ2n) is 2.55. The van der Waals surface area contributed by atoms with E-state index in [1.807, 2.05) is 0 Å². The Kier molecular flexibility index (Phi) is 7.58. The van der Waals surface area contributed by atoms with Gasteiger partial charge in [0.15, 0.2) is 0 Å². The predicted octanol–water partition coefficient (Wildman–Crippen LogP) is -0.179. The van der Waals surface area contributed by atoms with Gasteiger partial charge in [-0.25, -0.2) is 0 Å². The maximum absolute atomic E-state index is 10.9. The lowest BCUT2D eigenvalue weighted by Gasteiger charge is -2.01. The van der Waals surface area contributed by atoms with Gasteiger partial charge in [-0.15, -0.1) is 0 Å². The summed E-state index contributed by atoms with van der Waals surface area (Å²) >= 11 is 0. The lowest BCUT2D eigenvalue weighted by atomic mass is 10.3. The zero-order chi connectivity index (χ0) is 9.23. The molecule has 0 radical (unpaired) electrons. The summed E-state index contributed by atoms with van der Waals surface area (Å²) in [6, 6.07) is 0. The Balaban J connectivity index is 3.13. The molecule has 12 heavy (non-hydrogen) atoms. The van der Waals surface area contributed by atoms with Crippen LogP contribution in [0, 0.1) is 0 Å². The van der Waals surface area contributed by atoms with E-state index in [9.17, 15) is 9.59 Å². The summed E-state index contributed by atoms with van der Waals surface area (Å²) in [5, 5.41) is 2.70. The third kappa shape index (κ3) is 7.21. The Bertz CT molecular complexity index is 137. The van der Waals surface area contributed by atoms with Crippen LogP contribution in [0.15, 0.2) is 0 Å². The van der Waals surface area contributed by atoms with Crippen LogP contribution in [-0.2, 0) is 9.59 Å². The molecule has 0 atom stereocenters. The molecule has 0 saturated heterocycles. The highest BCUT2D eigenvalue weighted by atomic mass is 16.1. The largest absolute Gasteiger partial charge is 0.356 e. The van der Waals surface area contributed by atoms with Crippen molar-refractivity contribution in [3.63, 3.8) is 0 Å². The van der Waals surface area contributed by atoms with Gasteiger partial charge in [0.1, 0.15) is 6.29 Å². The minimum Gasteiger partial charge on any atom is -0.356 e. The van der Waals surface area contributed by atoms with Gasteiger partial charge in [0.25, 0.3) is 0 Å². The number of nitrogens with one attached hydrogen (secondary N) is 1. The Morgan fingerprint density at radius 1 is 1.42 bits per heavy atom. The summed E-state index contributed by atoms with van der Waals surface area (Å²) in [4.78, 5) is 20.8. The molecule has 4 heteroatoms. The summed E-state index contributed by atoms with van der Waals surface area (Å²) < 4.78 is 0. The average molecular weight is 172 g/mol. The molecule has 0 aliphatic carbocycles. The Hall–Kier alpha value is -0.900. The third-order valence-electron chi connectivity index (χ3n) is 1.43. The van der Waals surface area contributed by atoms with Gasteiger partial charge in [0.2, 0.25) is 5.91 Å². The van der Waals surface area contributed by atoms with Crippen molar-refractivity contribution in [2.75, 3.05) is 13.1 Å². The van der Waals surface area contributed by atoms with Crippen molar-refractivity contribution in [3.05, 3.63) is 0 Å². The van der Waals surface area contributed by atoms with Gasteiger partial charge in [-0.3, -0.25) is 4.79 Å². The van der Waals surface area contributed by atoms with E-state index < -0.39 is 0 Å². The molecule has 3 N–H and O–H groups in total. The number of hydrogen-bond acceptors (Lipinski definition) is 3. The number of carbonyl (C=O) groups excluding carboxylic acids is 2. The molecule has 0 saturated carbocycles. The van der Waals surface area contributed by atoms with E-state index in [-0.39, 0.29) is 5.91 Å². The van der Waals surface area contributed by atoms with Crippen LogP contribution >= 0.6 is 0 Å². The van der Waals surface area contributed by atoms with Crippen LogP contribution in [0.25, 0.3) is 0 Å². The van der Waals surface area contributed by atoms with Crippen molar-refractivity contribution < 1.29 is 9.59 Å². The molecule has 0 heterocycles. The molecule has 0 aliphatic heterocycles. The zero-order valence-corrected chi connectivity index (χ0v) is 7.21. The predicted molar refractivity (Wildman–Crippen MR) is 46.6 cm³/mol. The fourth-order valence-corrected chi connectivity index (χ4v) is 0.764. The molecule has 0 rings (SSSR count). The number of aldehydes is 1. The van der Waals surface area contributed by atoms with Crippen LogP contribution in [0.3, 0.4) is 0 Å². The summed E-state index contributed by atoms with van der Waals surface area (Å²) in [6.07, 6.45) is 3.29. The van der Waals surface area contributed by atoms with Crippen molar-refractivity contribution in [2.24, 2.45) is 5.73 Å². The van der Waals surface area contributed by atoms with Crippen molar-refractivity contribution >= 4 is 12.2 Å². The van der Waals surface area contributed by atoms with Crippen LogP contribution in [0.4, 0.5) is 0 Å². The lowest BCUT2D eigenvalue weighted by Crippen LogP contribution is -2.24. The topological polar surface area (TPSA) is 72.2 Å². The Morgan fingerprint density at radius 3 is 2.75 bits per heavy atom. The number of amides is 1. The molecule has 0 aromatic heterocycles. The second-order valence-corrected chi connectivity index (χ2v) is 2.55. The van der Waals surface area contributed by atoms with Crippen LogP contribution in [-0.4, -0.2) is 25.3 Å². The first-order valence-electron chi connectivity index (χ1n) is 4.21. The number of carbonyl (C=O) groups is 2. The van der Waals surface area contributed by atoms with E-state index in [1.165, 1.54) is 0 Å². The van der Waals surface area contributed by atoms with Gasteiger partial charge < -0.3 is 15.8 Å². The van der Waals surface area contributed by atoms with Gasteiger partial charge in [-0.1, -0.05) is 0 Å². The molecule has 0 spiro atoms. The molecule has 0 fully saturated rings. The van der Waals surface area contributed by atoms with E-state index in [0.717, 1.165) is 19.1 Å². The molecule has 0 aromatic rings. The molecular formula is C8H16N2O2. The normalized spacial score (nSPS) is 9.42. The Labute approximate surface area is 72.5 Å². The van der Waals surface area contributed by atoms with Crippen molar-refractivity contribution in [1.82, 2.24) is 5.32 Å². The van der Waals surface area contributed by atoms with Crippen molar-refractivity contribution in [1.29, 1.82) is 0 Å². The van der Waals surface area contributed by atoms with Crippen LogP contribution in [0.1, 0.15) is 25.7 Å². The number of rotatable bonds is 7. The van der Waals surface area contributed by atoms with E-state index in [0.29, 0.717) is 25.9 Å². The number of unbranched alkanes of at least 4 members (excludes halogenated alkanes) is 1. The highest BCUT2D eigenvalue weighted by Crippen LogP contribution is 1.86. The summed E-state index contributed by atoms with van der Waals surface area (Å²) in [5.41, 5.74) is 5.23. The quantitative estimate of drug-likeness (QED) is 0.413. The first-order valence-corrected chi connectivity index (χ1v) is 4.21. The average Bonchev–Trinajstić information content (AvgIpc) is 2.09. The summed E-state index contributed by atoms with van der Waals surface area (Å²) in [7, 11) is 0. The maximum Gasteiger partial charge on any atom is 0.220 e. The molecule has 4 nitrogen and oxygen atoms in total. The van der Waals surface area contributed by atoms with Crippen molar-refractivity contribution in [3.8, 4) is 0 Å². The first-order chi connectivity index (χ1) is 5.81. The number of nitrogens with two attached hydrogens (primary N) is 1. The molecule has 70 valence electrons. The highest BCUT2D eigenvalue weighted by molar-refractivity contribution is 5.75. The van der Waals surface area contributed by atoms with Gasteiger partial charge in [-0.2, -0.15) is 0 Å². The zero-order valence-electron chi connectivity index (χ0n) is 7.21. The SMILES string of the molecule is NCCCC(=O)NCCCC=O. The smallest absolute Gasteiger partial charge is 0.220 e. The van der Waals surface area contributed by atoms with Crippen LogP contribution < -0.4 is 11.1 Å². The van der Waals surface area contributed by atoms with Crippen molar-refractivity contribution in [2.45, 2.75) is 25.7 Å². The minimum atomic E-state index is 0.0198. The highest BCUT2D eigenvalue weighted by Gasteiger charge is 1.97. The van der Waals surface area contributed by atoms with Gasteiger partial charge in [0, 0.05) is 19.4 Å². The molecular weight excluding hydrogens is 156 g/mol. The van der Waals surface area contributed by atoms with Crippen LogP contribution in [0.2, 0.25) is 0 Å². The standard InChI is InChI=1S/C8H16N2O2/c9-5-3-4-8(12)10-6-1-2-7-11/h7H,1-6,9H2,(H,10,12). The second kappa shape index (κ2) is 8.20. The van der Waals surface area contributed by atoms with E-state index in [1.54, 1.807) is 0 Å². The minimum absolute atomic E-state index is 0.0198. The maximum atomic E-state index is 10.9. The van der Waals surface area contributed by atoms with Gasteiger partial charge in [0.05, 0.1) is 0 Å². The fraction of sp³-hybridized carbons (Fsp3) is 0.750. The Morgan fingerprint density at radius 2 is 2.17 bits per heavy atom. The van der Waals surface area contributed by atoms with E-state index in [4.69, 9.17) is 5.73 Å². The fourth-order valence-electron chi connectivity index (χ4n) is 0.764. The molecule has 1 amide bonds. The van der Waals surface area contributed by atoms with E-state index in [2.05, 4.69) is 5.32 Å². The summed E-state index contributed by atoms with van der Waals surface area (Å²) in [5.74, 6) is 0.0198. The lowest BCUT2D eigenvalue weighted by molar-refractivity contribution is -0.121. The van der Waals surface area contributed by atoms with E-state index >= 15 is 0 Å². The monoisotopic (exact) mass is 172 g/mol.